The van der Waals surface area contributed by atoms with Crippen LogP contribution in [0.25, 0.3) is 11.0 Å². The molecule has 1 N–H and O–H groups in total. The first kappa shape index (κ1) is 20.9. The fourth-order valence-corrected chi connectivity index (χ4v) is 4.36. The maximum Gasteiger partial charge on any atom is 0.410 e. The van der Waals surface area contributed by atoms with Gasteiger partial charge in [0.1, 0.15) is 16.6 Å². The van der Waals surface area contributed by atoms with Crippen molar-refractivity contribution >= 4 is 28.7 Å². The average Bonchev–Trinajstić information content (AvgIpc) is 3.46. The van der Waals surface area contributed by atoms with Crippen molar-refractivity contribution in [2.24, 2.45) is 10.9 Å². The van der Waals surface area contributed by atoms with Crippen molar-refractivity contribution < 1.29 is 14.2 Å². The van der Waals surface area contributed by atoms with Crippen molar-refractivity contribution in [3.05, 3.63) is 47.2 Å². The summed E-state index contributed by atoms with van der Waals surface area (Å²) in [5.41, 5.74) is 3.97. The Morgan fingerprint density at radius 1 is 1.30 bits per heavy atom. The van der Waals surface area contributed by atoms with Crippen molar-refractivity contribution in [2.75, 3.05) is 13.1 Å². The van der Waals surface area contributed by atoms with E-state index in [0.717, 1.165) is 16.7 Å². The molecule has 5 rings (SSSR count). The molecule has 3 aromatic rings. The van der Waals surface area contributed by atoms with Gasteiger partial charge >= 0.3 is 6.09 Å². The maximum atomic E-state index is 12.4. The first-order valence-corrected chi connectivity index (χ1v) is 10.8. The molecule has 0 radical (unpaired) electrons. The smallest absolute Gasteiger partial charge is 0.410 e. The van der Waals surface area contributed by atoms with Gasteiger partial charge in [0.25, 0.3) is 0 Å². The number of amides is 1. The second-order valence-corrected chi connectivity index (χ2v) is 9.14. The van der Waals surface area contributed by atoms with Crippen molar-refractivity contribution in [1.82, 2.24) is 25.4 Å². The molecule has 0 aliphatic carbocycles. The number of hydrogen-bond acceptors (Lipinski definition) is 8. The number of H-pyrrole nitrogens is 1. The molecule has 2 aliphatic heterocycles. The Balaban J connectivity index is 1.50. The van der Waals surface area contributed by atoms with E-state index in [1.165, 1.54) is 0 Å². The normalized spacial score (nSPS) is 20.6. The third-order valence-corrected chi connectivity index (χ3v) is 5.82. The van der Waals surface area contributed by atoms with Gasteiger partial charge in [-0.2, -0.15) is 10.4 Å². The molecule has 1 amide bonds. The highest BCUT2D eigenvalue weighted by molar-refractivity contribution is 6.07. The number of fused-ring (bicyclic) bond motifs is 2. The molecule has 168 valence electrons. The van der Waals surface area contributed by atoms with Crippen molar-refractivity contribution in [2.45, 2.75) is 38.7 Å². The summed E-state index contributed by atoms with van der Waals surface area (Å²) in [7, 11) is 0. The first-order valence-electron chi connectivity index (χ1n) is 10.8. The van der Waals surface area contributed by atoms with E-state index >= 15 is 0 Å². The summed E-state index contributed by atoms with van der Waals surface area (Å²) in [5, 5.41) is 25.4. The summed E-state index contributed by atoms with van der Waals surface area (Å²) < 4.78 is 10.4. The number of hydrogen-bond donors (Lipinski definition) is 1. The fraction of sp³-hybridized carbons (Fsp3) is 0.391. The van der Waals surface area contributed by atoms with Gasteiger partial charge in [-0.1, -0.05) is 18.2 Å². The number of nitrogens with zero attached hydrogens (tertiary/aromatic N) is 6. The molecule has 33 heavy (non-hydrogen) atoms. The van der Waals surface area contributed by atoms with Crippen LogP contribution in [0.2, 0.25) is 0 Å². The van der Waals surface area contributed by atoms with Gasteiger partial charge < -0.3 is 9.64 Å². The molecule has 0 saturated carbocycles. The monoisotopic (exact) mass is 445 g/mol. The molecule has 0 bridgehead atoms. The Morgan fingerprint density at radius 3 is 2.88 bits per heavy atom. The molecule has 10 heteroatoms. The molecular formula is C23H23N7O3. The van der Waals surface area contributed by atoms with Gasteiger partial charge in [-0.3, -0.25) is 5.10 Å². The summed E-state index contributed by atoms with van der Waals surface area (Å²) in [5.74, 6) is -0.279. The Kier molecular flexibility index (Phi) is 4.96. The van der Waals surface area contributed by atoms with Gasteiger partial charge in [-0.05, 0) is 54.7 Å². The van der Waals surface area contributed by atoms with Gasteiger partial charge in [0.05, 0.1) is 23.9 Å². The summed E-state index contributed by atoms with van der Waals surface area (Å²) in [6, 6.07) is 8.08. The number of aromatic amines is 1. The number of nitrogens with one attached hydrogen (secondary N) is 1. The summed E-state index contributed by atoms with van der Waals surface area (Å²) >= 11 is 0. The molecule has 2 aliphatic rings. The third kappa shape index (κ3) is 3.75. The summed E-state index contributed by atoms with van der Waals surface area (Å²) in [6.45, 7) is 6.41. The molecule has 2 unspecified atom stereocenters. The van der Waals surface area contributed by atoms with Gasteiger partial charge in [0, 0.05) is 24.6 Å². The molecule has 0 saturated heterocycles. The lowest BCUT2D eigenvalue weighted by Gasteiger charge is -2.32. The molecule has 0 spiro atoms. The van der Waals surface area contributed by atoms with E-state index in [0.29, 0.717) is 42.1 Å². The second-order valence-electron chi connectivity index (χ2n) is 9.14. The van der Waals surface area contributed by atoms with Crippen molar-refractivity contribution in [1.29, 1.82) is 5.26 Å². The summed E-state index contributed by atoms with van der Waals surface area (Å²) in [6.07, 6.45) is 3.88. The number of nitriles is 1. The Bertz CT molecular complexity index is 1320. The van der Waals surface area contributed by atoms with E-state index in [1.54, 1.807) is 11.1 Å². The minimum absolute atomic E-state index is 0.336. The standard InChI is InChI=1S/C23H23N7O3/c1-23(2,3)32-22(31)30-9-7-13(8-10-30)19-15(11-24)18(16-12-25-27-21(16)26-19)14-5-4-6-17-20(14)29-33-28-17/h4-7,12,15,18H,8-10H2,1-3H3,(H,25,27). The lowest BCUT2D eigenvalue weighted by atomic mass is 9.75. The number of rotatable bonds is 2. The minimum atomic E-state index is -0.559. The molecule has 4 heterocycles. The zero-order valence-corrected chi connectivity index (χ0v) is 18.6. The SMILES string of the molecule is CC(C)(C)OC(=O)N1CC=C(C2=Nc3[nH]ncc3C(c3cccc4nonc34)C2C#N)CC1. The largest absolute Gasteiger partial charge is 0.444 e. The third-order valence-electron chi connectivity index (χ3n) is 5.82. The first-order chi connectivity index (χ1) is 15.9. The van der Waals surface area contributed by atoms with E-state index in [-0.39, 0.29) is 12.0 Å². The highest BCUT2D eigenvalue weighted by Gasteiger charge is 2.39. The molecule has 1 aromatic carbocycles. The van der Waals surface area contributed by atoms with Crippen LogP contribution in [0.5, 0.6) is 0 Å². The quantitative estimate of drug-likeness (QED) is 0.633. The van der Waals surface area contributed by atoms with E-state index in [4.69, 9.17) is 14.4 Å². The number of aliphatic imine (C=N–C) groups is 1. The average molecular weight is 445 g/mol. The predicted octanol–water partition coefficient (Wildman–Crippen LogP) is 3.87. The van der Waals surface area contributed by atoms with Crippen LogP contribution in [0, 0.1) is 17.2 Å². The Labute approximate surface area is 189 Å². The lowest BCUT2D eigenvalue weighted by Crippen LogP contribution is -2.40. The second kappa shape index (κ2) is 7.85. The van der Waals surface area contributed by atoms with Crippen LogP contribution in [0.15, 0.2) is 45.7 Å². The maximum absolute atomic E-state index is 12.4. The van der Waals surface area contributed by atoms with E-state index in [2.05, 4.69) is 26.6 Å². The number of benzene rings is 1. The minimum Gasteiger partial charge on any atom is -0.444 e. The van der Waals surface area contributed by atoms with Crippen LogP contribution in [0.1, 0.15) is 44.2 Å². The van der Waals surface area contributed by atoms with Crippen LogP contribution in [0.4, 0.5) is 10.6 Å². The lowest BCUT2D eigenvalue weighted by molar-refractivity contribution is 0.0267. The highest BCUT2D eigenvalue weighted by Crippen LogP contribution is 2.44. The molecule has 2 atom stereocenters. The zero-order valence-electron chi connectivity index (χ0n) is 18.6. The van der Waals surface area contributed by atoms with Gasteiger partial charge in [-0.15, -0.1) is 0 Å². The van der Waals surface area contributed by atoms with Crippen molar-refractivity contribution in [3.8, 4) is 6.07 Å². The Hall–Kier alpha value is -4.00. The van der Waals surface area contributed by atoms with Gasteiger partial charge in [0.2, 0.25) is 0 Å². The van der Waals surface area contributed by atoms with E-state index in [1.807, 2.05) is 45.0 Å². The van der Waals surface area contributed by atoms with E-state index < -0.39 is 11.5 Å². The van der Waals surface area contributed by atoms with Crippen LogP contribution in [0.3, 0.4) is 0 Å². The van der Waals surface area contributed by atoms with Gasteiger partial charge in [0.15, 0.2) is 5.82 Å². The predicted molar refractivity (Wildman–Crippen MR) is 119 cm³/mol. The number of ether oxygens (including phenoxy) is 1. The molecule has 10 nitrogen and oxygen atoms in total. The van der Waals surface area contributed by atoms with Crippen molar-refractivity contribution in [3.63, 3.8) is 0 Å². The van der Waals surface area contributed by atoms with Crippen LogP contribution in [-0.2, 0) is 4.74 Å². The molecule has 2 aromatic heterocycles. The van der Waals surface area contributed by atoms with Crippen LogP contribution in [-0.4, -0.2) is 55.9 Å². The highest BCUT2D eigenvalue weighted by atomic mass is 16.6. The number of aromatic nitrogens is 4. The van der Waals surface area contributed by atoms with Crippen LogP contribution >= 0.6 is 0 Å². The summed E-state index contributed by atoms with van der Waals surface area (Å²) in [4.78, 5) is 18.9. The molecular weight excluding hydrogens is 422 g/mol. The van der Waals surface area contributed by atoms with Gasteiger partial charge in [-0.25, -0.2) is 14.4 Å². The number of carbonyl (C=O) groups excluding carboxylic acids is 1. The zero-order chi connectivity index (χ0) is 23.2. The molecule has 0 fully saturated rings. The fourth-order valence-electron chi connectivity index (χ4n) is 4.36. The van der Waals surface area contributed by atoms with Crippen LogP contribution < -0.4 is 0 Å². The van der Waals surface area contributed by atoms with E-state index in [9.17, 15) is 10.1 Å². The Morgan fingerprint density at radius 2 is 2.15 bits per heavy atom. The topological polar surface area (TPSA) is 133 Å². The number of carbonyl (C=O) groups is 1.